The molecule has 6 heterocycles. The van der Waals surface area contributed by atoms with Gasteiger partial charge < -0.3 is 38.3 Å². The summed E-state index contributed by atoms with van der Waals surface area (Å²) in [5.41, 5.74) is -1.57. The number of aromatic amines is 2. The molecule has 2 aromatic carbocycles. The number of phosphoric ester groups is 1. The first-order valence-electron chi connectivity index (χ1n) is 33.0. The van der Waals surface area contributed by atoms with Gasteiger partial charge in [0.05, 0.1) is 38.7 Å². The minimum Gasteiger partial charge on any atom is -0.459 e. The molecule has 0 aliphatic carbocycles. The number of benzene rings is 2. The van der Waals surface area contributed by atoms with Crippen LogP contribution in [0.25, 0.3) is 10.9 Å². The normalized spacial score (nSPS) is 16.1. The highest BCUT2D eigenvalue weighted by molar-refractivity contribution is 7.48. The third-order valence-electron chi connectivity index (χ3n) is 15.0. The summed E-state index contributed by atoms with van der Waals surface area (Å²) >= 11 is 0. The van der Waals surface area contributed by atoms with Crippen LogP contribution in [0.2, 0.25) is 0 Å². The molecule has 3 unspecified atom stereocenters. The van der Waals surface area contributed by atoms with E-state index in [1.807, 2.05) is 41.1 Å². The van der Waals surface area contributed by atoms with Gasteiger partial charge in [-0.05, 0) is 162 Å². The lowest BCUT2D eigenvalue weighted by atomic mass is 9.96. The zero-order valence-electron chi connectivity index (χ0n) is 59.7. The largest absolute Gasteiger partial charge is 0.475 e. The summed E-state index contributed by atoms with van der Waals surface area (Å²) in [5, 5.41) is 13.0. The van der Waals surface area contributed by atoms with Crippen LogP contribution in [0, 0.1) is 287 Å². The van der Waals surface area contributed by atoms with Gasteiger partial charge in [-0.25, -0.2) is 14.2 Å². The molecule has 24 heteroatoms. The van der Waals surface area contributed by atoms with E-state index in [4.69, 9.17) is 54.8 Å². The number of phosphoric acid groups is 1. The van der Waals surface area contributed by atoms with Crippen molar-refractivity contribution in [3.05, 3.63) is 125 Å². The molecule has 542 valence electrons. The number of ether oxygens (including phenoxy) is 6. The Balaban J connectivity index is 0.896. The molecule has 0 spiro atoms. The first-order chi connectivity index (χ1) is 55.0. The Morgan fingerprint density at radius 2 is 1.11 bits per heavy atom. The lowest BCUT2D eigenvalue weighted by Gasteiger charge is -2.31. The molecule has 3 saturated heterocycles. The predicted octanol–water partition coefficient (Wildman–Crippen LogP) is 3.53. The molecule has 3 aliphatic rings. The van der Waals surface area contributed by atoms with Gasteiger partial charge >= 0.3 is 25.2 Å². The minimum atomic E-state index is -4.78. The maximum Gasteiger partial charge on any atom is 0.475 e. The number of aromatic nitrogens is 5. The van der Waals surface area contributed by atoms with Crippen molar-refractivity contribution in [1.29, 1.82) is 5.26 Å². The summed E-state index contributed by atoms with van der Waals surface area (Å²) in [6.45, 7) is 3.96. The van der Waals surface area contributed by atoms with Gasteiger partial charge in [-0.1, -0.05) is 13.0 Å². The molecule has 8 atom stereocenters. The van der Waals surface area contributed by atoms with Gasteiger partial charge in [0.1, 0.15) is 60.0 Å². The Bertz CT molecular complexity index is 6350. The maximum absolute atomic E-state index is 14.8. The third kappa shape index (κ3) is 26.3. The van der Waals surface area contributed by atoms with Crippen LogP contribution in [-0.2, 0) is 59.8 Å². The van der Waals surface area contributed by atoms with Crippen molar-refractivity contribution in [2.75, 3.05) is 19.8 Å². The highest BCUT2D eigenvalue weighted by atomic mass is 31.2. The number of carbonyl (C=O) groups is 2. The Morgan fingerprint density at radius 3 is 1.60 bits per heavy atom. The van der Waals surface area contributed by atoms with E-state index in [9.17, 15) is 38.6 Å². The predicted molar refractivity (Wildman–Crippen MR) is 411 cm³/mol. The minimum absolute atomic E-state index is 0.0528. The Kier molecular flexibility index (Phi) is 32.0. The Labute approximate surface area is 650 Å². The first kappa shape index (κ1) is 82.3. The van der Waals surface area contributed by atoms with Gasteiger partial charge in [-0.2, -0.15) is 5.26 Å². The molecule has 0 saturated carbocycles. The molecule has 3 N–H and O–H groups in total. The summed E-state index contributed by atoms with van der Waals surface area (Å²) in [6, 6.07) is 14.4. The monoisotopic (exact) mass is 1500 g/mol. The van der Waals surface area contributed by atoms with E-state index in [1.54, 1.807) is 25.1 Å². The fraction of sp³-hybridized carbons (Fsp3) is 0.225. The van der Waals surface area contributed by atoms with Crippen molar-refractivity contribution in [2.45, 2.75) is 108 Å². The number of hydrogen-bond acceptors (Lipinski definition) is 17. The number of esters is 1. The molecule has 8 rings (SSSR count). The molecule has 3 aliphatic heterocycles. The van der Waals surface area contributed by atoms with E-state index >= 15 is 0 Å². The number of H-pyrrole nitrogens is 2. The molecule has 3 aromatic heterocycles. The second kappa shape index (κ2) is 44.0. The summed E-state index contributed by atoms with van der Waals surface area (Å²) in [7, 11) is -4.78. The summed E-state index contributed by atoms with van der Waals surface area (Å²) in [6.07, 6.45) is 11.5. The van der Waals surface area contributed by atoms with Gasteiger partial charge in [0, 0.05) is 209 Å². The summed E-state index contributed by atoms with van der Waals surface area (Å²) < 4.78 is 72.7. The van der Waals surface area contributed by atoms with E-state index in [2.05, 4.69) is 264 Å². The van der Waals surface area contributed by atoms with Crippen LogP contribution in [0.4, 0.5) is 0 Å². The van der Waals surface area contributed by atoms with Crippen molar-refractivity contribution in [1.82, 2.24) is 29.0 Å². The zero-order valence-corrected chi connectivity index (χ0v) is 60.6. The van der Waals surface area contributed by atoms with Gasteiger partial charge in [0.25, 0.3) is 11.1 Å². The number of amides is 1. The number of fused-ring (bicyclic) bond motifs is 3. The van der Waals surface area contributed by atoms with Gasteiger partial charge in [0.15, 0.2) is 6.23 Å². The molecule has 3 fully saturated rings. The number of terminal acetylenes is 2. The molecule has 1 amide bonds. The number of nitrogens with zero attached hydrogens (tertiary/aromatic N) is 4. The number of nitrogens with one attached hydrogen (secondary N) is 3. The highest BCUT2D eigenvalue weighted by Gasteiger charge is 2.64. The number of rotatable bonds is 21. The van der Waals surface area contributed by atoms with Crippen LogP contribution in [0.15, 0.2) is 80.2 Å². The summed E-state index contributed by atoms with van der Waals surface area (Å²) in [4.78, 5) is 82.2. The maximum atomic E-state index is 14.8. The number of carbonyl (C=O) groups excluding carboxylic acids is 2. The second-order valence-electron chi connectivity index (χ2n) is 22.4. The highest BCUT2D eigenvalue weighted by Crippen LogP contribution is 2.58. The average Bonchev–Trinajstić information content (AvgIpc) is 1.57. The smallest absolute Gasteiger partial charge is 0.459 e. The van der Waals surface area contributed by atoms with Crippen molar-refractivity contribution in [3.8, 4) is 279 Å². The molecule has 0 radical (unpaired) electrons. The van der Waals surface area contributed by atoms with Gasteiger partial charge in [-0.3, -0.25) is 51.9 Å². The van der Waals surface area contributed by atoms with Gasteiger partial charge in [0.2, 0.25) is 5.91 Å². The van der Waals surface area contributed by atoms with Crippen LogP contribution in [0.3, 0.4) is 0 Å². The number of hydrogen-bond donors (Lipinski definition) is 3. The number of nitriles is 1. The molecule has 113 heavy (non-hydrogen) atoms. The van der Waals surface area contributed by atoms with E-state index in [0.717, 1.165) is 25.6 Å². The third-order valence-corrected chi connectivity index (χ3v) is 16.5. The molecule has 5 aromatic rings. The van der Waals surface area contributed by atoms with Crippen LogP contribution in [-0.4, -0.2) is 85.4 Å². The van der Waals surface area contributed by atoms with Crippen LogP contribution < -0.4 is 37.3 Å². The quantitative estimate of drug-likeness (QED) is 0.0410. The van der Waals surface area contributed by atoms with E-state index in [-0.39, 0.29) is 61.5 Å². The first-order valence-corrected chi connectivity index (χ1v) is 34.5. The van der Waals surface area contributed by atoms with E-state index in [1.165, 1.54) is 26.2 Å². The van der Waals surface area contributed by atoms with E-state index in [0.29, 0.717) is 12.1 Å². The Morgan fingerprint density at radius 1 is 0.619 bits per heavy atom. The number of aryl methyl sites for hydroxylation is 2. The van der Waals surface area contributed by atoms with Crippen LogP contribution in [0.1, 0.15) is 73.7 Å². The lowest BCUT2D eigenvalue weighted by Crippen LogP contribution is -2.42. The standard InChI is InChI=1S/C89H50N7O16P/c1-6-9-11-13-15-17-19-21-23-25-27-29-31-33-35-37-39-41-43-45-55-104-74-59-72(60-75(61-74)105-56-46-44-42-40-38-36-34-32-30-28-26-24-22-20-18-16-14-12-10-7-2)66-94-54-52-73-58-71(48-49-76(73)94)63-91-79(97)50-51-81(98)110-77-62-80(95-64-69(4)84(99)92-87(95)101)109-78(77)67-108-113(103,107-57-47-53-90)112-83-82-86(111-89(83,8-3)68-106-82)96-65-70(5)85(100)93-88(96)102/h1-2,48-49,52,54,58-61,64-65,77-78,80,82-83,86H,8,47,50-51,57,62-63,66-68H2,3-5H3,(H,91,97)(H,92,99,101)(H,93,100,102)/t77?,78-,80-,82+,83?,86-,89+,113?/m1/s1. The molecular weight excluding hydrogens is 1450 g/mol. The summed E-state index contributed by atoms with van der Waals surface area (Å²) in [5.74, 6) is 98.4. The van der Waals surface area contributed by atoms with E-state index < -0.39 is 104 Å². The second-order valence-corrected chi connectivity index (χ2v) is 24.1. The molecule has 23 nitrogen and oxygen atoms in total. The average molecular weight is 1500 g/mol. The fourth-order valence-corrected chi connectivity index (χ4v) is 11.5. The van der Waals surface area contributed by atoms with Gasteiger partial charge in [-0.15, -0.1) is 12.8 Å². The van der Waals surface area contributed by atoms with Crippen molar-refractivity contribution in [2.24, 2.45) is 0 Å². The molecular formula is C89H50N7O16P. The lowest BCUT2D eigenvalue weighted by molar-refractivity contribution is -0.175. The van der Waals surface area contributed by atoms with Crippen molar-refractivity contribution in [3.63, 3.8) is 0 Å². The zero-order chi connectivity index (χ0) is 80.3. The van der Waals surface area contributed by atoms with Crippen LogP contribution in [0.5, 0.6) is 11.5 Å². The molecule has 2 bridgehead atoms. The van der Waals surface area contributed by atoms with Crippen molar-refractivity contribution >= 4 is 30.6 Å². The van der Waals surface area contributed by atoms with Crippen LogP contribution >= 0.6 is 7.82 Å². The van der Waals surface area contributed by atoms with Crippen molar-refractivity contribution < 1.29 is 56.1 Å². The topological polar surface area (TPSA) is 285 Å². The Hall–Kier alpha value is -16.3. The fourth-order valence-electron chi connectivity index (χ4n) is 10.1. The SMILES string of the molecule is C#CC#CC#CC#CC#CC#CC#CC#CC#CC#CC#COc1cc(Cn2ccc3cc(CNC(=O)CCC(=O)OC4C[C@H](n5cc(C)c(=O)[nH]c5=O)O[C@@H]4COP(=O)(OCCC#N)OC4[C@@H]5OC[C@]4(CC)O[C@H]5n4cc(C)c(=O)[nH]c4=O)ccc32)cc(OC#CC#CC#CC#CC#CC#CC#CC#CC#CC#CC#C)c1.